The molecule has 2 N–H and O–H groups in total. The van der Waals surface area contributed by atoms with Crippen molar-refractivity contribution < 1.29 is 31.1 Å². The number of hydrogen-bond acceptors (Lipinski definition) is 7. The Morgan fingerprint density at radius 3 is 2.09 bits per heavy atom. The Hall–Kier alpha value is -2.67. The van der Waals surface area contributed by atoms with Crippen LogP contribution in [0.3, 0.4) is 0 Å². The standard InChI is InChI=1S/C21H27N3O7S2/c1-23(2)32(26,27)17-7-5-16(6-8-17)30-13-14-31-20-10-9-18(15-19(20)21(22)25)33(28,29)24-11-3-4-12-24/h5-10,15H,3-4,11-14H2,1-2H3,(H2,22,25). The maximum Gasteiger partial charge on any atom is 0.252 e. The Bertz CT molecular complexity index is 1200. The fourth-order valence-electron chi connectivity index (χ4n) is 3.30. The molecule has 0 radical (unpaired) electrons. The van der Waals surface area contributed by atoms with Gasteiger partial charge in [0.2, 0.25) is 20.0 Å². The zero-order valence-electron chi connectivity index (χ0n) is 18.4. The highest BCUT2D eigenvalue weighted by Crippen LogP contribution is 2.26. The van der Waals surface area contributed by atoms with Crippen molar-refractivity contribution in [3.8, 4) is 11.5 Å². The average Bonchev–Trinajstić information content (AvgIpc) is 3.33. The first-order valence-electron chi connectivity index (χ1n) is 10.3. The highest BCUT2D eigenvalue weighted by molar-refractivity contribution is 7.89. The number of carbonyl (C=O) groups excluding carboxylic acids is 1. The molecule has 0 bridgehead atoms. The van der Waals surface area contributed by atoms with Crippen molar-refractivity contribution in [1.82, 2.24) is 8.61 Å². The van der Waals surface area contributed by atoms with Crippen LogP contribution in [0.5, 0.6) is 11.5 Å². The minimum atomic E-state index is -3.69. The lowest BCUT2D eigenvalue weighted by Gasteiger charge is -2.17. The van der Waals surface area contributed by atoms with Gasteiger partial charge in [0.15, 0.2) is 0 Å². The van der Waals surface area contributed by atoms with Crippen LogP contribution in [0.15, 0.2) is 52.3 Å². The Kier molecular flexibility index (Phi) is 7.62. The van der Waals surface area contributed by atoms with E-state index in [1.807, 2.05) is 0 Å². The van der Waals surface area contributed by atoms with Crippen molar-refractivity contribution in [3.05, 3.63) is 48.0 Å². The van der Waals surface area contributed by atoms with Gasteiger partial charge in [0, 0.05) is 27.2 Å². The molecule has 0 atom stereocenters. The topological polar surface area (TPSA) is 136 Å². The molecule has 0 spiro atoms. The number of sulfonamides is 2. The molecule has 10 nitrogen and oxygen atoms in total. The number of rotatable bonds is 10. The minimum absolute atomic E-state index is 0.00503. The molecule has 1 heterocycles. The highest BCUT2D eigenvalue weighted by atomic mass is 32.2. The van der Waals surface area contributed by atoms with Crippen molar-refractivity contribution in [1.29, 1.82) is 0 Å². The summed E-state index contributed by atoms with van der Waals surface area (Å²) in [6.07, 6.45) is 1.61. The van der Waals surface area contributed by atoms with Crippen LogP contribution in [0, 0.1) is 0 Å². The summed E-state index contributed by atoms with van der Waals surface area (Å²) in [6, 6.07) is 9.97. The predicted octanol–water partition coefficient (Wildman–Crippen LogP) is 1.28. The Morgan fingerprint density at radius 2 is 1.52 bits per heavy atom. The first-order valence-corrected chi connectivity index (χ1v) is 13.1. The molecule has 0 aromatic heterocycles. The highest BCUT2D eigenvalue weighted by Gasteiger charge is 2.28. The normalized spacial score (nSPS) is 15.0. The van der Waals surface area contributed by atoms with Crippen LogP contribution in [0.1, 0.15) is 23.2 Å². The second-order valence-electron chi connectivity index (χ2n) is 7.59. The van der Waals surface area contributed by atoms with E-state index >= 15 is 0 Å². The molecular formula is C21H27N3O7S2. The lowest BCUT2D eigenvalue weighted by atomic mass is 10.2. The van der Waals surface area contributed by atoms with Crippen LogP contribution in [-0.2, 0) is 20.0 Å². The second-order valence-corrected chi connectivity index (χ2v) is 11.7. The van der Waals surface area contributed by atoms with Gasteiger partial charge in [-0.25, -0.2) is 21.1 Å². The minimum Gasteiger partial charge on any atom is -0.490 e. The van der Waals surface area contributed by atoms with Crippen LogP contribution >= 0.6 is 0 Å². The molecular weight excluding hydrogens is 470 g/mol. The summed E-state index contributed by atoms with van der Waals surface area (Å²) in [5.41, 5.74) is 5.40. The number of primary amides is 1. The van der Waals surface area contributed by atoms with Gasteiger partial charge >= 0.3 is 0 Å². The first-order chi connectivity index (χ1) is 15.5. The van der Waals surface area contributed by atoms with Gasteiger partial charge in [-0.1, -0.05) is 0 Å². The van der Waals surface area contributed by atoms with Gasteiger partial charge in [0.25, 0.3) is 5.91 Å². The zero-order valence-corrected chi connectivity index (χ0v) is 20.1. The summed E-state index contributed by atoms with van der Waals surface area (Å²) in [4.78, 5) is 12.0. The van der Waals surface area contributed by atoms with Crippen LogP contribution in [0.4, 0.5) is 0 Å². The summed E-state index contributed by atoms with van der Waals surface area (Å²) in [7, 11) is -4.32. The van der Waals surface area contributed by atoms with E-state index in [1.54, 1.807) is 0 Å². The molecule has 1 fully saturated rings. The molecule has 0 aliphatic carbocycles. The fraction of sp³-hybridized carbons (Fsp3) is 0.381. The van der Waals surface area contributed by atoms with Crippen molar-refractivity contribution >= 4 is 26.0 Å². The largest absolute Gasteiger partial charge is 0.490 e. The van der Waals surface area contributed by atoms with Crippen molar-refractivity contribution in [2.24, 2.45) is 5.73 Å². The molecule has 1 amide bonds. The van der Waals surface area contributed by atoms with Gasteiger partial charge in [-0.3, -0.25) is 4.79 Å². The van der Waals surface area contributed by atoms with Gasteiger partial charge < -0.3 is 15.2 Å². The molecule has 1 saturated heterocycles. The monoisotopic (exact) mass is 497 g/mol. The number of nitrogens with two attached hydrogens (primary N) is 1. The number of carbonyl (C=O) groups is 1. The van der Waals surface area contributed by atoms with Crippen LogP contribution in [0.2, 0.25) is 0 Å². The number of hydrogen-bond donors (Lipinski definition) is 1. The van der Waals surface area contributed by atoms with E-state index in [1.165, 1.54) is 60.9 Å². The summed E-state index contributed by atoms with van der Waals surface area (Å²) in [5, 5.41) is 0. The summed E-state index contributed by atoms with van der Waals surface area (Å²) >= 11 is 0. The summed E-state index contributed by atoms with van der Waals surface area (Å²) in [5.74, 6) is -0.209. The molecule has 0 saturated carbocycles. The lowest BCUT2D eigenvalue weighted by molar-refractivity contribution is 0.0995. The predicted molar refractivity (Wildman–Crippen MR) is 121 cm³/mol. The lowest BCUT2D eigenvalue weighted by Crippen LogP contribution is -2.28. The van der Waals surface area contributed by atoms with E-state index in [-0.39, 0.29) is 34.3 Å². The molecule has 1 aliphatic rings. The number of ether oxygens (including phenoxy) is 2. The molecule has 33 heavy (non-hydrogen) atoms. The summed E-state index contributed by atoms with van der Waals surface area (Å²) in [6.45, 7) is 1.06. The molecule has 12 heteroatoms. The smallest absolute Gasteiger partial charge is 0.252 e. The molecule has 1 aliphatic heterocycles. The van der Waals surface area contributed by atoms with E-state index in [9.17, 15) is 21.6 Å². The van der Waals surface area contributed by atoms with E-state index < -0.39 is 26.0 Å². The van der Waals surface area contributed by atoms with Crippen LogP contribution < -0.4 is 15.2 Å². The number of benzene rings is 2. The maximum absolute atomic E-state index is 12.7. The van der Waals surface area contributed by atoms with Crippen molar-refractivity contribution in [3.63, 3.8) is 0 Å². The molecule has 2 aromatic rings. The molecule has 3 rings (SSSR count). The molecule has 2 aromatic carbocycles. The van der Waals surface area contributed by atoms with Gasteiger partial charge in [0.05, 0.1) is 15.4 Å². The van der Waals surface area contributed by atoms with E-state index in [0.717, 1.165) is 17.1 Å². The van der Waals surface area contributed by atoms with Crippen LogP contribution in [0.25, 0.3) is 0 Å². The third kappa shape index (κ3) is 5.64. The van der Waals surface area contributed by atoms with Crippen LogP contribution in [-0.4, -0.2) is 71.8 Å². The van der Waals surface area contributed by atoms with Gasteiger partial charge in [-0.2, -0.15) is 4.31 Å². The van der Waals surface area contributed by atoms with Gasteiger partial charge in [-0.15, -0.1) is 0 Å². The van der Waals surface area contributed by atoms with E-state index in [2.05, 4.69) is 0 Å². The van der Waals surface area contributed by atoms with E-state index in [4.69, 9.17) is 15.2 Å². The number of nitrogens with zero attached hydrogens (tertiary/aromatic N) is 2. The third-order valence-electron chi connectivity index (χ3n) is 5.13. The van der Waals surface area contributed by atoms with Gasteiger partial charge in [0.1, 0.15) is 24.7 Å². The van der Waals surface area contributed by atoms with E-state index in [0.29, 0.717) is 18.8 Å². The third-order valence-corrected chi connectivity index (χ3v) is 8.86. The SMILES string of the molecule is CN(C)S(=O)(=O)c1ccc(OCCOc2ccc(S(=O)(=O)N3CCCC3)cc2C(N)=O)cc1. The first kappa shape index (κ1) is 25.0. The number of amides is 1. The van der Waals surface area contributed by atoms with Gasteiger partial charge in [-0.05, 0) is 55.3 Å². The zero-order chi connectivity index (χ0) is 24.2. The van der Waals surface area contributed by atoms with Crippen molar-refractivity contribution in [2.45, 2.75) is 22.6 Å². The maximum atomic E-state index is 12.7. The van der Waals surface area contributed by atoms with Crippen molar-refractivity contribution in [2.75, 3.05) is 40.4 Å². The quantitative estimate of drug-likeness (QED) is 0.488. The average molecular weight is 498 g/mol. The Labute approximate surface area is 194 Å². The Balaban J connectivity index is 1.63. The Morgan fingerprint density at radius 1 is 0.939 bits per heavy atom. The second kappa shape index (κ2) is 10.1. The molecule has 180 valence electrons. The molecule has 0 unspecified atom stereocenters. The summed E-state index contributed by atoms with van der Waals surface area (Å²) < 4.78 is 63.3. The fourth-order valence-corrected chi connectivity index (χ4v) is 5.74.